The molecule has 0 aromatic rings. The van der Waals surface area contributed by atoms with Crippen molar-refractivity contribution in [3.05, 3.63) is 11.1 Å². The second-order valence-corrected chi connectivity index (χ2v) is 4.44. The molecule has 5 heteroatoms. The minimum Gasteiger partial charge on any atom is -0.478 e. The Labute approximate surface area is 108 Å². The zero-order chi connectivity index (χ0) is 14.1. The Balaban J connectivity index is 3.85. The van der Waals surface area contributed by atoms with Gasteiger partial charge in [0, 0.05) is 24.3 Å². The highest BCUT2D eigenvalue weighted by molar-refractivity contribution is 6.01. The topological polar surface area (TPSA) is 75.6 Å². The number of amides is 1. The van der Waals surface area contributed by atoms with E-state index < -0.39 is 5.97 Å². The molecule has 5 nitrogen and oxygen atoms in total. The summed E-state index contributed by atoms with van der Waals surface area (Å²) in [5.41, 5.74) is 0.330. The van der Waals surface area contributed by atoms with E-state index in [4.69, 9.17) is 9.84 Å². The third kappa shape index (κ3) is 7.06. The summed E-state index contributed by atoms with van der Waals surface area (Å²) in [7, 11) is 0. The van der Waals surface area contributed by atoms with Gasteiger partial charge in [0.15, 0.2) is 0 Å². The lowest BCUT2D eigenvalue weighted by Crippen LogP contribution is -2.26. The molecule has 0 aliphatic rings. The van der Waals surface area contributed by atoms with Crippen molar-refractivity contribution in [2.24, 2.45) is 0 Å². The van der Waals surface area contributed by atoms with Crippen molar-refractivity contribution in [2.45, 2.75) is 46.6 Å². The Morgan fingerprint density at radius 2 is 1.78 bits per heavy atom. The van der Waals surface area contributed by atoms with Crippen LogP contribution < -0.4 is 5.32 Å². The number of unbranched alkanes of at least 4 members (excludes halogenated alkanes) is 1. The van der Waals surface area contributed by atoms with Gasteiger partial charge in [-0.25, -0.2) is 4.79 Å². The SMILES string of the molecule is CC(C(=O)O)=C(C)C(=O)NCCCCOC(C)C. The number of rotatable bonds is 8. The second kappa shape index (κ2) is 8.69. The van der Waals surface area contributed by atoms with Gasteiger partial charge in [-0.15, -0.1) is 0 Å². The summed E-state index contributed by atoms with van der Waals surface area (Å²) in [6.45, 7) is 8.10. The lowest BCUT2D eigenvalue weighted by molar-refractivity contribution is -0.133. The predicted octanol–water partition coefficient (Wildman–Crippen LogP) is 1.73. The fourth-order valence-electron chi connectivity index (χ4n) is 1.21. The monoisotopic (exact) mass is 257 g/mol. The van der Waals surface area contributed by atoms with E-state index in [-0.39, 0.29) is 23.2 Å². The zero-order valence-electron chi connectivity index (χ0n) is 11.6. The maximum Gasteiger partial charge on any atom is 0.331 e. The van der Waals surface area contributed by atoms with Crippen LogP contribution >= 0.6 is 0 Å². The van der Waals surface area contributed by atoms with Crippen molar-refractivity contribution >= 4 is 11.9 Å². The molecule has 0 aromatic heterocycles. The summed E-state index contributed by atoms with van der Waals surface area (Å²) < 4.78 is 5.37. The van der Waals surface area contributed by atoms with Gasteiger partial charge in [0.25, 0.3) is 0 Å². The van der Waals surface area contributed by atoms with Gasteiger partial charge in [-0.2, -0.15) is 0 Å². The predicted molar refractivity (Wildman–Crippen MR) is 69.3 cm³/mol. The minimum atomic E-state index is -1.06. The first-order valence-electron chi connectivity index (χ1n) is 6.16. The molecule has 0 rings (SSSR count). The van der Waals surface area contributed by atoms with Crippen molar-refractivity contribution in [3.8, 4) is 0 Å². The van der Waals surface area contributed by atoms with Crippen molar-refractivity contribution in [1.82, 2.24) is 5.32 Å². The van der Waals surface area contributed by atoms with Crippen LogP contribution in [0, 0.1) is 0 Å². The summed E-state index contributed by atoms with van der Waals surface area (Å²) in [5.74, 6) is -1.38. The van der Waals surface area contributed by atoms with Crippen LogP contribution in [0.25, 0.3) is 0 Å². The highest BCUT2D eigenvalue weighted by atomic mass is 16.5. The number of carbonyl (C=O) groups excluding carboxylic acids is 1. The van der Waals surface area contributed by atoms with Gasteiger partial charge in [0.05, 0.1) is 6.10 Å². The molecule has 0 spiro atoms. The summed E-state index contributed by atoms with van der Waals surface area (Å²) in [6, 6.07) is 0. The van der Waals surface area contributed by atoms with E-state index in [2.05, 4.69) is 5.32 Å². The van der Waals surface area contributed by atoms with Crippen molar-refractivity contribution < 1.29 is 19.4 Å². The Bertz CT molecular complexity index is 321. The Kier molecular flexibility index (Phi) is 8.03. The Hall–Kier alpha value is -1.36. The van der Waals surface area contributed by atoms with Gasteiger partial charge in [-0.1, -0.05) is 0 Å². The van der Waals surface area contributed by atoms with Gasteiger partial charge in [0.1, 0.15) is 0 Å². The minimum absolute atomic E-state index is 0.0793. The molecule has 0 bridgehead atoms. The van der Waals surface area contributed by atoms with Crippen LogP contribution in [0.3, 0.4) is 0 Å². The lowest BCUT2D eigenvalue weighted by atomic mass is 10.1. The molecule has 0 heterocycles. The van der Waals surface area contributed by atoms with Gasteiger partial charge in [-0.3, -0.25) is 4.79 Å². The molecule has 0 radical (unpaired) electrons. The maximum atomic E-state index is 11.6. The number of hydrogen-bond donors (Lipinski definition) is 2. The molecule has 2 N–H and O–H groups in total. The van der Waals surface area contributed by atoms with E-state index in [1.807, 2.05) is 13.8 Å². The van der Waals surface area contributed by atoms with Crippen molar-refractivity contribution in [2.75, 3.05) is 13.2 Å². The first-order chi connectivity index (χ1) is 8.36. The fraction of sp³-hybridized carbons (Fsp3) is 0.692. The number of carboxylic acids is 1. The standard InChI is InChI=1S/C13H23NO4/c1-9(2)18-8-6-5-7-14-12(15)10(3)11(4)13(16)17/h9H,5-8H2,1-4H3,(H,14,15)(H,16,17). The van der Waals surface area contributed by atoms with E-state index in [1.165, 1.54) is 13.8 Å². The zero-order valence-corrected chi connectivity index (χ0v) is 11.6. The van der Waals surface area contributed by atoms with Crippen LogP contribution in [0.15, 0.2) is 11.1 Å². The van der Waals surface area contributed by atoms with Crippen LogP contribution in [-0.2, 0) is 14.3 Å². The lowest BCUT2D eigenvalue weighted by Gasteiger charge is -2.08. The summed E-state index contributed by atoms with van der Waals surface area (Å²) in [6.07, 6.45) is 1.92. The molecule has 0 aliphatic heterocycles. The largest absolute Gasteiger partial charge is 0.478 e. The highest BCUT2D eigenvalue weighted by Gasteiger charge is 2.11. The van der Waals surface area contributed by atoms with Gasteiger partial charge in [0.2, 0.25) is 5.91 Å². The molecule has 0 fully saturated rings. The first-order valence-corrected chi connectivity index (χ1v) is 6.16. The van der Waals surface area contributed by atoms with Gasteiger partial charge in [-0.05, 0) is 40.5 Å². The van der Waals surface area contributed by atoms with E-state index in [9.17, 15) is 9.59 Å². The first kappa shape index (κ1) is 16.6. The molecule has 0 saturated heterocycles. The normalized spacial score (nSPS) is 12.3. The number of carbonyl (C=O) groups is 2. The van der Waals surface area contributed by atoms with Crippen LogP contribution in [0.5, 0.6) is 0 Å². The van der Waals surface area contributed by atoms with Gasteiger partial charge >= 0.3 is 5.97 Å². The molecular formula is C13H23NO4. The molecule has 0 aromatic carbocycles. The average Bonchev–Trinajstić information content (AvgIpc) is 2.30. The number of carboxylic acid groups (broad SMARTS) is 1. The number of ether oxygens (including phenoxy) is 1. The summed E-state index contributed by atoms with van der Waals surface area (Å²) in [4.78, 5) is 22.2. The number of aliphatic carboxylic acids is 1. The molecule has 18 heavy (non-hydrogen) atoms. The second-order valence-electron chi connectivity index (χ2n) is 4.44. The van der Waals surface area contributed by atoms with Crippen LogP contribution in [0.2, 0.25) is 0 Å². The smallest absolute Gasteiger partial charge is 0.331 e. The molecular weight excluding hydrogens is 234 g/mol. The molecule has 0 atom stereocenters. The number of nitrogens with one attached hydrogen (secondary N) is 1. The Morgan fingerprint density at radius 1 is 1.17 bits per heavy atom. The molecule has 0 saturated carbocycles. The average molecular weight is 257 g/mol. The molecule has 0 unspecified atom stereocenters. The fourth-order valence-corrected chi connectivity index (χ4v) is 1.21. The van der Waals surface area contributed by atoms with Crippen molar-refractivity contribution in [3.63, 3.8) is 0 Å². The van der Waals surface area contributed by atoms with Crippen LogP contribution in [0.4, 0.5) is 0 Å². The van der Waals surface area contributed by atoms with E-state index in [0.717, 1.165) is 12.8 Å². The van der Waals surface area contributed by atoms with Crippen molar-refractivity contribution in [1.29, 1.82) is 0 Å². The molecule has 1 amide bonds. The van der Waals surface area contributed by atoms with E-state index >= 15 is 0 Å². The van der Waals surface area contributed by atoms with Gasteiger partial charge < -0.3 is 15.2 Å². The molecule has 0 aliphatic carbocycles. The summed E-state index contributed by atoms with van der Waals surface area (Å²) in [5, 5.41) is 11.4. The third-order valence-electron chi connectivity index (χ3n) is 2.53. The maximum absolute atomic E-state index is 11.6. The van der Waals surface area contributed by atoms with Crippen LogP contribution in [-0.4, -0.2) is 36.2 Å². The molecule has 104 valence electrons. The summed E-state index contributed by atoms with van der Waals surface area (Å²) >= 11 is 0. The third-order valence-corrected chi connectivity index (χ3v) is 2.53. The van der Waals surface area contributed by atoms with E-state index in [0.29, 0.717) is 13.2 Å². The van der Waals surface area contributed by atoms with Crippen LogP contribution in [0.1, 0.15) is 40.5 Å². The number of hydrogen-bond acceptors (Lipinski definition) is 3. The quantitative estimate of drug-likeness (QED) is 0.513. The van der Waals surface area contributed by atoms with E-state index in [1.54, 1.807) is 0 Å². The Morgan fingerprint density at radius 3 is 2.28 bits per heavy atom. The highest BCUT2D eigenvalue weighted by Crippen LogP contribution is 2.03.